The lowest BCUT2D eigenvalue weighted by Gasteiger charge is -2.31. The van der Waals surface area contributed by atoms with Crippen LogP contribution in [0.5, 0.6) is 0 Å². The maximum Gasteiger partial charge on any atom is 0.159 e. The molecule has 1 N–H and O–H groups in total. The molecule has 2 aromatic carbocycles. The monoisotopic (exact) mass is 291 g/mol. The number of rotatable bonds is 2. The van der Waals surface area contributed by atoms with Crippen LogP contribution in [-0.2, 0) is 0 Å². The average Bonchev–Trinajstić information content (AvgIpc) is 2.46. The van der Waals surface area contributed by atoms with Crippen LogP contribution in [0.15, 0.2) is 48.5 Å². The van der Waals surface area contributed by atoms with Crippen molar-refractivity contribution in [1.29, 1.82) is 0 Å². The van der Waals surface area contributed by atoms with E-state index in [-0.39, 0.29) is 11.3 Å². The molecule has 0 unspecified atom stereocenters. The van der Waals surface area contributed by atoms with Crippen molar-refractivity contribution in [2.75, 3.05) is 5.32 Å². The highest BCUT2D eigenvalue weighted by molar-refractivity contribution is 5.95. The van der Waals surface area contributed by atoms with E-state index in [4.69, 9.17) is 0 Å². The van der Waals surface area contributed by atoms with Crippen molar-refractivity contribution in [2.45, 2.75) is 33.2 Å². The standard InChI is InChI=1S/C20H21NO/c1-13-12-20(3,4)21-19-9-8-17(11-18(13)19)16-7-5-6-15(10-16)14(2)22/h5-12,21H,1-4H3. The van der Waals surface area contributed by atoms with Gasteiger partial charge in [-0.05, 0) is 62.6 Å². The molecule has 0 radical (unpaired) electrons. The van der Waals surface area contributed by atoms with E-state index in [1.807, 2.05) is 24.3 Å². The number of fused-ring (bicyclic) bond motifs is 1. The van der Waals surface area contributed by atoms with Crippen LogP contribution >= 0.6 is 0 Å². The Hall–Kier alpha value is -2.35. The summed E-state index contributed by atoms with van der Waals surface area (Å²) in [5.41, 5.74) is 6.61. The number of hydrogen-bond acceptors (Lipinski definition) is 2. The lowest BCUT2D eigenvalue weighted by Crippen LogP contribution is -2.31. The highest BCUT2D eigenvalue weighted by Gasteiger charge is 2.22. The number of ketones is 1. The maximum absolute atomic E-state index is 11.6. The summed E-state index contributed by atoms with van der Waals surface area (Å²) in [5, 5.41) is 3.54. The summed E-state index contributed by atoms with van der Waals surface area (Å²) >= 11 is 0. The van der Waals surface area contributed by atoms with Crippen molar-refractivity contribution < 1.29 is 4.79 Å². The van der Waals surface area contributed by atoms with Crippen molar-refractivity contribution in [3.05, 3.63) is 59.7 Å². The Kier molecular flexibility index (Phi) is 3.40. The van der Waals surface area contributed by atoms with Gasteiger partial charge in [0.2, 0.25) is 0 Å². The number of Topliss-reactive ketones (excluding diaryl/α,β-unsaturated/α-hetero) is 1. The molecule has 0 saturated carbocycles. The minimum absolute atomic E-state index is 0.0207. The zero-order valence-corrected chi connectivity index (χ0v) is 13.5. The highest BCUT2D eigenvalue weighted by Crippen LogP contribution is 2.36. The van der Waals surface area contributed by atoms with Crippen LogP contribution < -0.4 is 5.32 Å². The van der Waals surface area contributed by atoms with Gasteiger partial charge in [0.05, 0.1) is 5.54 Å². The SMILES string of the molecule is CC(=O)c1cccc(-c2ccc3c(c2)C(C)=CC(C)(C)N3)c1. The van der Waals surface area contributed by atoms with Crippen LogP contribution in [0.2, 0.25) is 0 Å². The van der Waals surface area contributed by atoms with Crippen LogP contribution in [0, 0.1) is 0 Å². The molecule has 1 aliphatic rings. The first kappa shape index (κ1) is 14.6. The summed E-state index contributed by atoms with van der Waals surface area (Å²) in [7, 11) is 0. The fourth-order valence-electron chi connectivity index (χ4n) is 3.08. The van der Waals surface area contributed by atoms with E-state index < -0.39 is 0 Å². The number of nitrogens with one attached hydrogen (secondary N) is 1. The third-order valence-corrected chi connectivity index (χ3v) is 4.08. The molecule has 1 aliphatic heterocycles. The van der Waals surface area contributed by atoms with E-state index in [9.17, 15) is 4.79 Å². The first-order chi connectivity index (χ1) is 10.4. The molecule has 0 bridgehead atoms. The number of anilines is 1. The van der Waals surface area contributed by atoms with Crippen LogP contribution in [0.4, 0.5) is 5.69 Å². The van der Waals surface area contributed by atoms with Crippen LogP contribution in [-0.4, -0.2) is 11.3 Å². The Bertz CT molecular complexity index is 784. The fraction of sp³-hybridized carbons (Fsp3) is 0.250. The number of benzene rings is 2. The van der Waals surface area contributed by atoms with Crippen molar-refractivity contribution in [3.8, 4) is 11.1 Å². The molecule has 2 nitrogen and oxygen atoms in total. The van der Waals surface area contributed by atoms with Gasteiger partial charge in [0, 0.05) is 16.8 Å². The minimum atomic E-state index is -0.0207. The number of hydrogen-bond donors (Lipinski definition) is 1. The van der Waals surface area contributed by atoms with Gasteiger partial charge < -0.3 is 5.32 Å². The van der Waals surface area contributed by atoms with Crippen molar-refractivity contribution >= 4 is 17.0 Å². The van der Waals surface area contributed by atoms with Crippen LogP contribution in [0.1, 0.15) is 43.6 Å². The molecule has 0 atom stereocenters. The zero-order chi connectivity index (χ0) is 15.9. The minimum Gasteiger partial charge on any atom is -0.376 e. The third kappa shape index (κ3) is 2.69. The lowest BCUT2D eigenvalue weighted by atomic mass is 9.89. The highest BCUT2D eigenvalue weighted by atomic mass is 16.1. The number of carbonyl (C=O) groups is 1. The van der Waals surface area contributed by atoms with Gasteiger partial charge in [-0.25, -0.2) is 0 Å². The molecule has 0 amide bonds. The first-order valence-corrected chi connectivity index (χ1v) is 7.59. The molecule has 0 saturated heterocycles. The van der Waals surface area contributed by atoms with Crippen molar-refractivity contribution in [2.24, 2.45) is 0 Å². The molecule has 2 heteroatoms. The molecule has 112 valence electrons. The van der Waals surface area contributed by atoms with Crippen molar-refractivity contribution in [1.82, 2.24) is 0 Å². The summed E-state index contributed by atoms with van der Waals surface area (Å²) in [4.78, 5) is 11.6. The summed E-state index contributed by atoms with van der Waals surface area (Å²) in [6.45, 7) is 8.09. The predicted octanol–water partition coefficient (Wildman–Crippen LogP) is 5.16. The molecule has 0 fully saturated rings. The second-order valence-electron chi connectivity index (χ2n) is 6.57. The largest absolute Gasteiger partial charge is 0.376 e. The zero-order valence-electron chi connectivity index (χ0n) is 13.5. The topological polar surface area (TPSA) is 29.1 Å². The summed E-state index contributed by atoms with van der Waals surface area (Å²) in [5.74, 6) is 0.0966. The molecular formula is C20H21NO. The lowest BCUT2D eigenvalue weighted by molar-refractivity contribution is 0.101. The Morgan fingerprint density at radius 3 is 2.50 bits per heavy atom. The van der Waals surface area contributed by atoms with E-state index in [1.165, 1.54) is 11.1 Å². The Morgan fingerprint density at radius 1 is 1.05 bits per heavy atom. The van der Waals surface area contributed by atoms with E-state index in [2.05, 4.69) is 50.4 Å². The smallest absolute Gasteiger partial charge is 0.159 e. The molecule has 1 heterocycles. The van der Waals surface area contributed by atoms with E-state index in [1.54, 1.807) is 6.92 Å². The van der Waals surface area contributed by atoms with E-state index in [0.717, 1.165) is 22.4 Å². The molecule has 2 aromatic rings. The van der Waals surface area contributed by atoms with Gasteiger partial charge in [-0.2, -0.15) is 0 Å². The fourth-order valence-corrected chi connectivity index (χ4v) is 3.08. The average molecular weight is 291 g/mol. The quantitative estimate of drug-likeness (QED) is 0.774. The summed E-state index contributed by atoms with van der Waals surface area (Å²) in [6.07, 6.45) is 2.26. The van der Waals surface area contributed by atoms with Gasteiger partial charge in [0.15, 0.2) is 5.78 Å². The summed E-state index contributed by atoms with van der Waals surface area (Å²) in [6, 6.07) is 14.2. The van der Waals surface area contributed by atoms with Gasteiger partial charge in [0.1, 0.15) is 0 Å². The van der Waals surface area contributed by atoms with Gasteiger partial charge in [-0.1, -0.05) is 30.3 Å². The molecule has 22 heavy (non-hydrogen) atoms. The second kappa shape index (κ2) is 5.13. The van der Waals surface area contributed by atoms with E-state index >= 15 is 0 Å². The maximum atomic E-state index is 11.6. The number of allylic oxidation sites excluding steroid dienone is 1. The van der Waals surface area contributed by atoms with Crippen LogP contribution in [0.25, 0.3) is 16.7 Å². The normalized spacial score (nSPS) is 15.5. The molecular weight excluding hydrogens is 270 g/mol. The second-order valence-corrected chi connectivity index (χ2v) is 6.57. The molecule has 3 rings (SSSR count). The Labute approximate surface area is 131 Å². The van der Waals surface area contributed by atoms with Gasteiger partial charge in [-0.15, -0.1) is 0 Å². The summed E-state index contributed by atoms with van der Waals surface area (Å²) < 4.78 is 0. The van der Waals surface area contributed by atoms with E-state index in [0.29, 0.717) is 0 Å². The van der Waals surface area contributed by atoms with Crippen molar-refractivity contribution in [3.63, 3.8) is 0 Å². The predicted molar refractivity (Wildman–Crippen MR) is 93.2 cm³/mol. The van der Waals surface area contributed by atoms with Gasteiger partial charge in [-0.3, -0.25) is 4.79 Å². The molecule has 0 aromatic heterocycles. The third-order valence-electron chi connectivity index (χ3n) is 4.08. The first-order valence-electron chi connectivity index (χ1n) is 7.59. The Morgan fingerprint density at radius 2 is 1.77 bits per heavy atom. The van der Waals surface area contributed by atoms with Gasteiger partial charge in [0.25, 0.3) is 0 Å². The van der Waals surface area contributed by atoms with Crippen LogP contribution in [0.3, 0.4) is 0 Å². The Balaban J connectivity index is 2.07. The molecule has 0 aliphatic carbocycles. The molecule has 0 spiro atoms. The van der Waals surface area contributed by atoms with Gasteiger partial charge >= 0.3 is 0 Å². The number of carbonyl (C=O) groups excluding carboxylic acids is 1.